The predicted molar refractivity (Wildman–Crippen MR) is 82.7 cm³/mol. The number of nitrogen functional groups attached to an aromatic ring is 1. The number of nitrogens with two attached hydrogens (primary N) is 1. The van der Waals surface area contributed by atoms with Crippen molar-refractivity contribution in [2.24, 2.45) is 0 Å². The lowest BCUT2D eigenvalue weighted by molar-refractivity contribution is 1.41. The molecule has 0 saturated carbocycles. The molecular formula is C14H12IN3. The Balaban J connectivity index is 2.34. The van der Waals surface area contributed by atoms with Crippen LogP contribution in [-0.2, 0) is 0 Å². The lowest BCUT2D eigenvalue weighted by Gasteiger charge is -2.10. The van der Waals surface area contributed by atoms with Gasteiger partial charge >= 0.3 is 0 Å². The molecule has 0 radical (unpaired) electrons. The van der Waals surface area contributed by atoms with Crippen LogP contribution in [-0.4, -0.2) is 0 Å². The summed E-state index contributed by atoms with van der Waals surface area (Å²) in [6.07, 6.45) is 0. The highest BCUT2D eigenvalue weighted by molar-refractivity contribution is 14.1. The van der Waals surface area contributed by atoms with Crippen LogP contribution in [0.15, 0.2) is 36.4 Å². The second-order valence-corrected chi connectivity index (χ2v) is 5.17. The number of hydrogen-bond donors (Lipinski definition) is 2. The van der Waals surface area contributed by atoms with Crippen LogP contribution in [0.4, 0.5) is 17.1 Å². The van der Waals surface area contributed by atoms with Gasteiger partial charge in [0.25, 0.3) is 0 Å². The molecule has 0 aliphatic heterocycles. The van der Waals surface area contributed by atoms with Crippen molar-refractivity contribution in [1.82, 2.24) is 0 Å². The molecule has 0 amide bonds. The molecule has 0 aliphatic rings. The standard InChI is InChI=1S/C14H12IN3/c1-9-2-4-12(7-13(9)15)18-14-5-3-11(17)6-10(14)8-16/h2-7,18H,17H2,1H3. The van der Waals surface area contributed by atoms with Gasteiger partial charge in [-0.1, -0.05) is 6.07 Å². The molecule has 0 saturated heterocycles. The minimum atomic E-state index is 0.547. The first-order valence-corrected chi connectivity index (χ1v) is 6.51. The third-order valence-corrected chi connectivity index (χ3v) is 3.78. The normalized spacial score (nSPS) is 9.83. The number of benzene rings is 2. The highest BCUT2D eigenvalue weighted by atomic mass is 127. The summed E-state index contributed by atoms with van der Waals surface area (Å²) in [4.78, 5) is 0. The van der Waals surface area contributed by atoms with Crippen molar-refractivity contribution in [2.45, 2.75) is 6.92 Å². The molecule has 18 heavy (non-hydrogen) atoms. The van der Waals surface area contributed by atoms with Gasteiger partial charge in [0.05, 0.1) is 11.3 Å². The van der Waals surface area contributed by atoms with Crippen molar-refractivity contribution < 1.29 is 0 Å². The average molecular weight is 349 g/mol. The van der Waals surface area contributed by atoms with Crippen molar-refractivity contribution in [3.05, 3.63) is 51.1 Å². The van der Waals surface area contributed by atoms with E-state index in [1.807, 2.05) is 24.3 Å². The van der Waals surface area contributed by atoms with Gasteiger partial charge in [0.15, 0.2) is 0 Å². The van der Waals surface area contributed by atoms with Gasteiger partial charge < -0.3 is 11.1 Å². The summed E-state index contributed by atoms with van der Waals surface area (Å²) in [6, 6.07) is 13.5. The lowest BCUT2D eigenvalue weighted by atomic mass is 10.1. The Kier molecular flexibility index (Phi) is 3.72. The number of halogens is 1. The lowest BCUT2D eigenvalue weighted by Crippen LogP contribution is -1.96. The van der Waals surface area contributed by atoms with E-state index < -0.39 is 0 Å². The van der Waals surface area contributed by atoms with E-state index in [0.29, 0.717) is 11.3 Å². The van der Waals surface area contributed by atoms with Gasteiger partial charge in [-0.3, -0.25) is 0 Å². The number of rotatable bonds is 2. The molecule has 4 heteroatoms. The monoisotopic (exact) mass is 349 g/mol. The average Bonchev–Trinajstić information content (AvgIpc) is 2.36. The van der Waals surface area contributed by atoms with Crippen LogP contribution in [0.2, 0.25) is 0 Å². The fourth-order valence-corrected chi connectivity index (χ4v) is 2.10. The number of anilines is 3. The zero-order valence-corrected chi connectivity index (χ0v) is 12.0. The van der Waals surface area contributed by atoms with Crippen LogP contribution in [0.25, 0.3) is 0 Å². The number of hydrogen-bond acceptors (Lipinski definition) is 3. The molecule has 90 valence electrons. The summed E-state index contributed by atoms with van der Waals surface area (Å²) in [5, 5.41) is 12.3. The molecular weight excluding hydrogens is 337 g/mol. The van der Waals surface area contributed by atoms with Gasteiger partial charge in [0, 0.05) is 14.9 Å². The van der Waals surface area contributed by atoms with Gasteiger partial charge in [-0.05, 0) is 65.4 Å². The van der Waals surface area contributed by atoms with Gasteiger partial charge in [0.2, 0.25) is 0 Å². The second-order valence-electron chi connectivity index (χ2n) is 4.01. The predicted octanol–water partition coefficient (Wildman–Crippen LogP) is 3.80. The quantitative estimate of drug-likeness (QED) is 0.640. The molecule has 2 rings (SSSR count). The van der Waals surface area contributed by atoms with Crippen LogP contribution in [0.1, 0.15) is 11.1 Å². The maximum atomic E-state index is 9.07. The molecule has 0 unspecified atom stereocenters. The molecule has 0 aliphatic carbocycles. The van der Waals surface area contributed by atoms with E-state index in [4.69, 9.17) is 11.0 Å². The zero-order valence-electron chi connectivity index (χ0n) is 9.87. The van der Waals surface area contributed by atoms with Crippen LogP contribution >= 0.6 is 22.6 Å². The van der Waals surface area contributed by atoms with Crippen molar-refractivity contribution in [1.29, 1.82) is 5.26 Å². The molecule has 0 aromatic heterocycles. The van der Waals surface area contributed by atoms with E-state index in [1.54, 1.807) is 12.1 Å². The molecule has 2 aromatic rings. The Morgan fingerprint density at radius 3 is 2.67 bits per heavy atom. The minimum absolute atomic E-state index is 0.547. The van der Waals surface area contributed by atoms with Crippen LogP contribution in [0.5, 0.6) is 0 Å². The number of nitriles is 1. The van der Waals surface area contributed by atoms with Crippen molar-refractivity contribution >= 4 is 39.7 Å². The fourth-order valence-electron chi connectivity index (χ4n) is 1.59. The first-order chi connectivity index (χ1) is 8.60. The fraction of sp³-hybridized carbons (Fsp3) is 0.0714. The van der Waals surface area contributed by atoms with E-state index in [1.165, 1.54) is 9.13 Å². The van der Waals surface area contributed by atoms with E-state index in [0.717, 1.165) is 11.4 Å². The maximum Gasteiger partial charge on any atom is 0.101 e. The summed E-state index contributed by atoms with van der Waals surface area (Å²) < 4.78 is 1.19. The molecule has 0 atom stereocenters. The molecule has 0 spiro atoms. The van der Waals surface area contributed by atoms with Gasteiger partial charge in [-0.15, -0.1) is 0 Å². The maximum absolute atomic E-state index is 9.07. The van der Waals surface area contributed by atoms with Crippen LogP contribution < -0.4 is 11.1 Å². The molecule has 3 N–H and O–H groups in total. The summed E-state index contributed by atoms with van der Waals surface area (Å²) in [5.74, 6) is 0. The molecule has 0 heterocycles. The van der Waals surface area contributed by atoms with Crippen molar-refractivity contribution in [3.8, 4) is 6.07 Å². The van der Waals surface area contributed by atoms with Crippen molar-refractivity contribution in [3.63, 3.8) is 0 Å². The Bertz CT molecular complexity index is 629. The summed E-state index contributed by atoms with van der Waals surface area (Å²) in [5.41, 5.74) is 9.77. The third-order valence-electron chi connectivity index (χ3n) is 2.61. The highest BCUT2D eigenvalue weighted by Crippen LogP contribution is 2.24. The summed E-state index contributed by atoms with van der Waals surface area (Å²) in [7, 11) is 0. The van der Waals surface area contributed by atoms with Crippen LogP contribution in [0.3, 0.4) is 0 Å². The van der Waals surface area contributed by atoms with Gasteiger partial charge in [-0.2, -0.15) is 5.26 Å². The van der Waals surface area contributed by atoms with E-state index in [-0.39, 0.29) is 0 Å². The molecule has 3 nitrogen and oxygen atoms in total. The smallest absolute Gasteiger partial charge is 0.101 e. The Labute approximate surface area is 120 Å². The SMILES string of the molecule is Cc1ccc(Nc2ccc(N)cc2C#N)cc1I. The largest absolute Gasteiger partial charge is 0.399 e. The Morgan fingerprint density at radius 1 is 1.22 bits per heavy atom. The third kappa shape index (κ3) is 2.74. The highest BCUT2D eigenvalue weighted by Gasteiger charge is 2.04. The van der Waals surface area contributed by atoms with Crippen molar-refractivity contribution in [2.75, 3.05) is 11.1 Å². The first kappa shape index (κ1) is 12.7. The number of nitrogens with zero attached hydrogens (tertiary/aromatic N) is 1. The van der Waals surface area contributed by atoms with E-state index in [9.17, 15) is 0 Å². The van der Waals surface area contributed by atoms with E-state index in [2.05, 4.69) is 40.9 Å². The summed E-state index contributed by atoms with van der Waals surface area (Å²) >= 11 is 2.29. The summed E-state index contributed by atoms with van der Waals surface area (Å²) in [6.45, 7) is 2.06. The Morgan fingerprint density at radius 2 is 2.00 bits per heavy atom. The van der Waals surface area contributed by atoms with Gasteiger partial charge in [-0.25, -0.2) is 0 Å². The topological polar surface area (TPSA) is 61.8 Å². The Hall–Kier alpha value is -1.74. The number of nitrogens with one attached hydrogen (secondary N) is 1. The zero-order chi connectivity index (χ0) is 13.1. The molecule has 0 fully saturated rings. The van der Waals surface area contributed by atoms with E-state index >= 15 is 0 Å². The molecule has 2 aromatic carbocycles. The van der Waals surface area contributed by atoms with Crippen LogP contribution in [0, 0.1) is 21.8 Å². The second kappa shape index (κ2) is 5.27. The number of aryl methyl sites for hydroxylation is 1. The molecule has 0 bridgehead atoms. The van der Waals surface area contributed by atoms with Gasteiger partial charge in [0.1, 0.15) is 6.07 Å². The minimum Gasteiger partial charge on any atom is -0.399 e. The first-order valence-electron chi connectivity index (χ1n) is 5.43.